The van der Waals surface area contributed by atoms with Crippen molar-refractivity contribution in [3.63, 3.8) is 0 Å². The number of hydrogen-bond acceptors (Lipinski definition) is 3. The van der Waals surface area contributed by atoms with Gasteiger partial charge >= 0.3 is 0 Å². The molecule has 3 aromatic rings. The summed E-state index contributed by atoms with van der Waals surface area (Å²) in [5, 5.41) is 1.06. The number of aromatic nitrogens is 2. The van der Waals surface area contributed by atoms with E-state index in [1.165, 1.54) is 0 Å². The molecule has 1 aliphatic rings. The van der Waals surface area contributed by atoms with Crippen LogP contribution in [-0.2, 0) is 17.3 Å². The van der Waals surface area contributed by atoms with Crippen molar-refractivity contribution in [2.45, 2.75) is 25.2 Å². The molecule has 0 radical (unpaired) electrons. The van der Waals surface area contributed by atoms with Crippen molar-refractivity contribution < 1.29 is 9.53 Å². The van der Waals surface area contributed by atoms with Gasteiger partial charge in [0.1, 0.15) is 5.75 Å². The average Bonchev–Trinajstić information content (AvgIpc) is 3.35. The highest BCUT2D eigenvalue weighted by molar-refractivity contribution is 5.93. The number of fused-ring (bicyclic) bond motifs is 1. The van der Waals surface area contributed by atoms with Crippen LogP contribution in [0.4, 0.5) is 0 Å². The summed E-state index contributed by atoms with van der Waals surface area (Å²) >= 11 is 0. The fourth-order valence-electron chi connectivity index (χ4n) is 3.63. The Hall–Kier alpha value is -2.82. The Morgan fingerprint density at radius 2 is 2.08 bits per heavy atom. The normalized spacial score (nSPS) is 15.3. The highest BCUT2D eigenvalue weighted by Gasteiger charge is 2.51. The Kier molecular flexibility index (Phi) is 3.35. The second kappa shape index (κ2) is 5.34. The molecule has 2 N–H and O–H groups in total. The molecule has 2 aromatic heterocycles. The predicted octanol–water partition coefficient (Wildman–Crippen LogP) is 3.07. The van der Waals surface area contributed by atoms with E-state index in [0.717, 1.165) is 52.0 Å². The Balaban J connectivity index is 1.91. The maximum Gasteiger partial charge on any atom is 0.229 e. The minimum atomic E-state index is -0.565. The van der Waals surface area contributed by atoms with Crippen molar-refractivity contribution in [3.8, 4) is 17.0 Å². The van der Waals surface area contributed by atoms with Crippen LogP contribution < -0.4 is 10.5 Å². The van der Waals surface area contributed by atoms with Gasteiger partial charge in [0.25, 0.3) is 0 Å². The van der Waals surface area contributed by atoms with Gasteiger partial charge in [-0.1, -0.05) is 12.1 Å². The van der Waals surface area contributed by atoms with E-state index in [-0.39, 0.29) is 5.91 Å². The number of ether oxygens (including phenoxy) is 1. The van der Waals surface area contributed by atoms with E-state index >= 15 is 0 Å². The summed E-state index contributed by atoms with van der Waals surface area (Å²) in [7, 11) is 3.70. The van der Waals surface area contributed by atoms with Crippen LogP contribution in [0.25, 0.3) is 22.2 Å². The fraction of sp³-hybridized carbons (Fsp3) is 0.300. The molecule has 1 amide bonds. The highest BCUT2D eigenvalue weighted by Crippen LogP contribution is 2.48. The lowest BCUT2D eigenvalue weighted by atomic mass is 10.00. The zero-order valence-electron chi connectivity index (χ0n) is 14.7. The minimum Gasteiger partial charge on any atom is -0.496 e. The van der Waals surface area contributed by atoms with Crippen LogP contribution >= 0.6 is 0 Å². The molecule has 1 saturated carbocycles. The number of rotatable bonds is 4. The van der Waals surface area contributed by atoms with Gasteiger partial charge in [-0.15, -0.1) is 0 Å². The minimum absolute atomic E-state index is 0.281. The molecule has 25 heavy (non-hydrogen) atoms. The Morgan fingerprint density at radius 1 is 1.32 bits per heavy atom. The molecule has 1 aromatic carbocycles. The quantitative estimate of drug-likeness (QED) is 0.796. The highest BCUT2D eigenvalue weighted by atomic mass is 16.5. The van der Waals surface area contributed by atoms with E-state index in [1.54, 1.807) is 7.11 Å². The predicted molar refractivity (Wildman–Crippen MR) is 97.5 cm³/mol. The van der Waals surface area contributed by atoms with E-state index < -0.39 is 5.41 Å². The molecule has 4 rings (SSSR count). The second-order valence-electron chi connectivity index (χ2n) is 6.82. The van der Waals surface area contributed by atoms with Gasteiger partial charge in [0.2, 0.25) is 5.91 Å². The van der Waals surface area contributed by atoms with Crippen molar-refractivity contribution >= 4 is 16.8 Å². The molecule has 128 valence electrons. The third-order valence-electron chi connectivity index (χ3n) is 5.35. The number of aryl methyl sites for hydroxylation is 2. The van der Waals surface area contributed by atoms with Crippen LogP contribution in [-0.4, -0.2) is 22.6 Å². The van der Waals surface area contributed by atoms with Crippen molar-refractivity contribution in [2.75, 3.05) is 7.11 Å². The zero-order chi connectivity index (χ0) is 17.8. The molecule has 0 unspecified atom stereocenters. The van der Waals surface area contributed by atoms with Crippen molar-refractivity contribution in [1.82, 2.24) is 9.55 Å². The van der Waals surface area contributed by atoms with Gasteiger partial charge in [-0.05, 0) is 43.5 Å². The number of pyridine rings is 1. The number of primary amides is 1. The van der Waals surface area contributed by atoms with Gasteiger partial charge < -0.3 is 15.0 Å². The first-order valence-corrected chi connectivity index (χ1v) is 8.38. The summed E-state index contributed by atoms with van der Waals surface area (Å²) in [6.45, 7) is 2.07. The molecule has 1 fully saturated rings. The van der Waals surface area contributed by atoms with E-state index in [1.807, 2.05) is 31.4 Å². The number of benzene rings is 1. The molecule has 2 heterocycles. The topological polar surface area (TPSA) is 70.1 Å². The summed E-state index contributed by atoms with van der Waals surface area (Å²) in [6, 6.07) is 10.2. The lowest BCUT2D eigenvalue weighted by molar-refractivity contribution is -0.120. The summed E-state index contributed by atoms with van der Waals surface area (Å²) in [5.41, 5.74) is 10.1. The molecular weight excluding hydrogens is 314 g/mol. The lowest BCUT2D eigenvalue weighted by Crippen LogP contribution is -2.29. The van der Waals surface area contributed by atoms with Crippen LogP contribution in [0.3, 0.4) is 0 Å². The first-order valence-electron chi connectivity index (χ1n) is 8.38. The van der Waals surface area contributed by atoms with E-state index in [2.05, 4.69) is 28.6 Å². The third kappa shape index (κ3) is 2.22. The van der Waals surface area contributed by atoms with E-state index in [9.17, 15) is 4.79 Å². The number of nitrogens with two attached hydrogens (primary N) is 1. The molecule has 5 nitrogen and oxygen atoms in total. The van der Waals surface area contributed by atoms with Crippen LogP contribution in [0.5, 0.6) is 5.75 Å². The lowest BCUT2D eigenvalue weighted by Gasteiger charge is -2.12. The standard InChI is InChI=1S/C20H21N3O2/c1-12-5-4-6-16(25-3)18(12)14-9-13-10-17(20(7-8-20)19(21)24)22-11-15(13)23(14)2/h4-6,9-11H,7-8H2,1-3H3,(H2,21,24). The van der Waals surface area contributed by atoms with Gasteiger partial charge in [0.05, 0.1) is 35.6 Å². The van der Waals surface area contributed by atoms with Crippen molar-refractivity contribution in [3.05, 3.63) is 47.8 Å². The monoisotopic (exact) mass is 335 g/mol. The average molecular weight is 335 g/mol. The summed E-state index contributed by atoms with van der Waals surface area (Å²) in [6.07, 6.45) is 3.40. The number of nitrogens with zero attached hydrogens (tertiary/aromatic N) is 2. The molecule has 0 bridgehead atoms. The van der Waals surface area contributed by atoms with Gasteiger partial charge in [0, 0.05) is 18.0 Å². The summed E-state index contributed by atoms with van der Waals surface area (Å²) in [5.74, 6) is 0.561. The molecule has 0 saturated heterocycles. The number of hydrogen-bond donors (Lipinski definition) is 1. The third-order valence-corrected chi connectivity index (χ3v) is 5.35. The van der Waals surface area contributed by atoms with E-state index in [4.69, 9.17) is 10.5 Å². The number of amides is 1. The number of carbonyl (C=O) groups excluding carboxylic acids is 1. The van der Waals surface area contributed by atoms with Gasteiger partial charge in [0.15, 0.2) is 0 Å². The smallest absolute Gasteiger partial charge is 0.229 e. The molecule has 0 spiro atoms. The first kappa shape index (κ1) is 15.7. The first-order chi connectivity index (χ1) is 12.0. The fourth-order valence-corrected chi connectivity index (χ4v) is 3.63. The SMILES string of the molecule is COc1cccc(C)c1-c1cc2cc(C3(C(N)=O)CC3)ncc2n1C. The number of methoxy groups -OCH3 is 1. The molecule has 1 aliphatic carbocycles. The molecule has 0 atom stereocenters. The summed E-state index contributed by atoms with van der Waals surface area (Å²) < 4.78 is 7.67. The van der Waals surface area contributed by atoms with Crippen molar-refractivity contribution in [1.29, 1.82) is 0 Å². The van der Waals surface area contributed by atoms with Crippen LogP contribution in [0.15, 0.2) is 36.5 Å². The largest absolute Gasteiger partial charge is 0.496 e. The number of carbonyl (C=O) groups is 1. The van der Waals surface area contributed by atoms with E-state index in [0.29, 0.717) is 0 Å². The van der Waals surface area contributed by atoms with Gasteiger partial charge in [-0.25, -0.2) is 0 Å². The van der Waals surface area contributed by atoms with Gasteiger partial charge in [-0.3, -0.25) is 9.78 Å². The van der Waals surface area contributed by atoms with Crippen molar-refractivity contribution in [2.24, 2.45) is 12.8 Å². The van der Waals surface area contributed by atoms with Crippen LogP contribution in [0, 0.1) is 6.92 Å². The Labute approximate surface area is 146 Å². The Bertz CT molecular complexity index is 1000. The molecular formula is C20H21N3O2. The zero-order valence-corrected chi connectivity index (χ0v) is 14.7. The summed E-state index contributed by atoms with van der Waals surface area (Å²) in [4.78, 5) is 16.3. The Morgan fingerprint density at radius 3 is 2.72 bits per heavy atom. The molecule has 5 heteroatoms. The van der Waals surface area contributed by atoms with Gasteiger partial charge in [-0.2, -0.15) is 0 Å². The second-order valence-corrected chi connectivity index (χ2v) is 6.82. The molecule has 0 aliphatic heterocycles. The van der Waals surface area contributed by atoms with Crippen LogP contribution in [0.2, 0.25) is 0 Å². The van der Waals surface area contributed by atoms with Crippen LogP contribution in [0.1, 0.15) is 24.1 Å². The maximum atomic E-state index is 11.8. The maximum absolute atomic E-state index is 11.8.